The summed E-state index contributed by atoms with van der Waals surface area (Å²) < 4.78 is 2.64. The van der Waals surface area contributed by atoms with Crippen LogP contribution in [0.15, 0.2) is 0 Å². The van der Waals surface area contributed by atoms with Gasteiger partial charge >= 0.3 is 6.03 Å². The van der Waals surface area contributed by atoms with Crippen LogP contribution in [0, 0.1) is 5.41 Å². The van der Waals surface area contributed by atoms with E-state index in [1.165, 1.54) is 23.2 Å². The first-order chi connectivity index (χ1) is 8.41. The maximum Gasteiger partial charge on any atom is 0.331 e. The third-order valence-electron chi connectivity index (χ3n) is 3.10. The van der Waals surface area contributed by atoms with Crippen molar-refractivity contribution < 1.29 is 4.79 Å². The molecule has 0 fully saturated rings. The average molecular weight is 285 g/mol. The summed E-state index contributed by atoms with van der Waals surface area (Å²) in [5.41, 5.74) is 1.46. The number of thiazole rings is 1. The summed E-state index contributed by atoms with van der Waals surface area (Å²) in [6, 6.07) is -0.208. The molecule has 1 aliphatic rings. The van der Waals surface area contributed by atoms with Crippen molar-refractivity contribution >= 4 is 34.4 Å². The molecule has 1 unspecified atom stereocenters. The van der Waals surface area contributed by atoms with Gasteiger partial charge in [-0.3, -0.25) is 10.0 Å². The number of amides is 2. The zero-order chi connectivity index (χ0) is 13.3. The minimum atomic E-state index is -0.208. The fraction of sp³-hybridized carbons (Fsp3) is 0.667. The van der Waals surface area contributed by atoms with Gasteiger partial charge in [0, 0.05) is 11.1 Å². The number of hydrogen-bond donors (Lipinski definition) is 2. The Morgan fingerprint density at radius 3 is 2.94 bits per heavy atom. The molecule has 1 aliphatic carbocycles. The van der Waals surface area contributed by atoms with Crippen molar-refractivity contribution in [2.24, 2.45) is 5.41 Å². The maximum absolute atomic E-state index is 11.5. The molecule has 1 aromatic rings. The molecule has 2 rings (SSSR count). The minimum Gasteiger partial charge on any atom is -0.283 e. The molecule has 100 valence electrons. The van der Waals surface area contributed by atoms with Gasteiger partial charge in [-0.15, -0.1) is 11.3 Å². The lowest BCUT2D eigenvalue weighted by atomic mass is 9.74. The number of nitrogens with zero attached hydrogens (tertiary/aromatic N) is 1. The molecule has 1 aromatic heterocycles. The van der Waals surface area contributed by atoms with Crippen LogP contribution in [0.1, 0.15) is 43.7 Å². The molecule has 0 saturated heterocycles. The van der Waals surface area contributed by atoms with Crippen molar-refractivity contribution in [2.45, 2.75) is 39.5 Å². The number of rotatable bonds is 2. The molecule has 0 aliphatic heterocycles. The van der Waals surface area contributed by atoms with Crippen LogP contribution >= 0.6 is 23.3 Å². The topological polar surface area (TPSA) is 54.0 Å². The number of fused-ring (bicyclic) bond motifs is 1. The molecule has 0 aromatic carbocycles. The molecule has 18 heavy (non-hydrogen) atoms. The lowest BCUT2D eigenvalue weighted by molar-refractivity contribution is 0.257. The Morgan fingerprint density at radius 1 is 1.56 bits per heavy atom. The third kappa shape index (κ3) is 2.98. The van der Waals surface area contributed by atoms with E-state index in [1.54, 1.807) is 11.3 Å². The van der Waals surface area contributed by atoms with Gasteiger partial charge in [-0.2, -0.15) is 0 Å². The lowest BCUT2D eigenvalue weighted by Gasteiger charge is -2.32. The Morgan fingerprint density at radius 2 is 2.28 bits per heavy atom. The monoisotopic (exact) mass is 285 g/mol. The number of aromatic nitrogens is 1. The van der Waals surface area contributed by atoms with E-state index in [0.717, 1.165) is 12.1 Å². The normalized spacial score (nSPS) is 21.2. The first kappa shape index (κ1) is 13.7. The zero-order valence-corrected chi connectivity index (χ0v) is 12.8. The zero-order valence-electron chi connectivity index (χ0n) is 11.2. The summed E-state index contributed by atoms with van der Waals surface area (Å²) in [5.74, 6) is 0.528. The van der Waals surface area contributed by atoms with Crippen LogP contribution in [0.25, 0.3) is 0 Å². The minimum absolute atomic E-state index is 0.208. The molecule has 2 N–H and O–H groups in total. The van der Waals surface area contributed by atoms with E-state index in [1.807, 2.05) is 6.26 Å². The van der Waals surface area contributed by atoms with Crippen molar-refractivity contribution in [1.29, 1.82) is 0 Å². The van der Waals surface area contributed by atoms with Crippen LogP contribution in [0.3, 0.4) is 0 Å². The van der Waals surface area contributed by atoms with Crippen LogP contribution < -0.4 is 10.0 Å². The summed E-state index contributed by atoms with van der Waals surface area (Å²) in [6.45, 7) is 6.79. The fourth-order valence-electron chi connectivity index (χ4n) is 2.59. The van der Waals surface area contributed by atoms with Crippen LogP contribution in [0.5, 0.6) is 0 Å². The van der Waals surface area contributed by atoms with Gasteiger partial charge in [0.1, 0.15) is 0 Å². The Bertz CT molecular complexity index is 456. The summed E-state index contributed by atoms with van der Waals surface area (Å²) in [4.78, 5) is 17.3. The van der Waals surface area contributed by atoms with Gasteiger partial charge in [-0.1, -0.05) is 32.7 Å². The Balaban J connectivity index is 2.16. The van der Waals surface area contributed by atoms with E-state index in [4.69, 9.17) is 0 Å². The largest absolute Gasteiger partial charge is 0.331 e. The highest BCUT2D eigenvalue weighted by atomic mass is 32.2. The van der Waals surface area contributed by atoms with Crippen LogP contribution in [0.2, 0.25) is 0 Å². The van der Waals surface area contributed by atoms with Crippen molar-refractivity contribution in [3.63, 3.8) is 0 Å². The molecule has 4 nitrogen and oxygen atoms in total. The summed E-state index contributed by atoms with van der Waals surface area (Å²) in [6.07, 6.45) is 3.99. The van der Waals surface area contributed by atoms with Gasteiger partial charge in [-0.25, -0.2) is 9.78 Å². The maximum atomic E-state index is 11.5. The second-order valence-corrected chi connectivity index (χ2v) is 7.18. The number of nitrogens with one attached hydrogen (secondary N) is 2. The Hall–Kier alpha value is -0.750. The van der Waals surface area contributed by atoms with E-state index in [2.05, 4.69) is 35.8 Å². The van der Waals surface area contributed by atoms with E-state index < -0.39 is 0 Å². The van der Waals surface area contributed by atoms with Gasteiger partial charge in [-0.05, 0) is 24.2 Å². The van der Waals surface area contributed by atoms with Gasteiger partial charge in [0.05, 0.1) is 5.69 Å². The molecule has 2 amide bonds. The van der Waals surface area contributed by atoms with Gasteiger partial charge < -0.3 is 0 Å². The first-order valence-corrected chi connectivity index (χ1v) is 8.05. The van der Waals surface area contributed by atoms with Crippen molar-refractivity contribution in [3.05, 3.63) is 10.6 Å². The lowest BCUT2D eigenvalue weighted by Crippen LogP contribution is -2.24. The highest BCUT2D eigenvalue weighted by molar-refractivity contribution is 7.97. The van der Waals surface area contributed by atoms with Crippen molar-refractivity contribution in [1.82, 2.24) is 9.71 Å². The smallest absolute Gasteiger partial charge is 0.283 e. The van der Waals surface area contributed by atoms with E-state index in [0.29, 0.717) is 16.5 Å². The van der Waals surface area contributed by atoms with E-state index in [9.17, 15) is 4.79 Å². The summed E-state index contributed by atoms with van der Waals surface area (Å²) in [7, 11) is 0. The van der Waals surface area contributed by atoms with E-state index in [-0.39, 0.29) is 6.03 Å². The number of hydrogen-bond acceptors (Lipinski definition) is 4. The SMILES string of the molecule is CSNC(=O)Nc1nc2c(s1)C(C)CC(C)(C)C2. The van der Waals surface area contributed by atoms with Crippen molar-refractivity contribution in [3.8, 4) is 0 Å². The number of carbonyl (C=O) groups excluding carboxylic acids is 1. The van der Waals surface area contributed by atoms with E-state index >= 15 is 0 Å². The van der Waals surface area contributed by atoms with Crippen LogP contribution in [-0.2, 0) is 6.42 Å². The molecule has 0 bridgehead atoms. The predicted octanol–water partition coefficient (Wildman–Crippen LogP) is 3.62. The highest BCUT2D eigenvalue weighted by Gasteiger charge is 2.32. The van der Waals surface area contributed by atoms with Crippen molar-refractivity contribution in [2.75, 3.05) is 11.6 Å². The molecule has 0 radical (unpaired) electrons. The molecular weight excluding hydrogens is 266 g/mol. The molecule has 6 heteroatoms. The Kier molecular flexibility index (Phi) is 3.87. The number of carbonyl (C=O) groups is 1. The number of urea groups is 1. The predicted molar refractivity (Wildman–Crippen MR) is 78.3 cm³/mol. The first-order valence-electron chi connectivity index (χ1n) is 6.01. The fourth-order valence-corrected chi connectivity index (χ4v) is 3.86. The third-order valence-corrected chi connectivity index (χ3v) is 4.73. The second-order valence-electron chi connectivity index (χ2n) is 5.54. The molecule has 0 saturated carbocycles. The second kappa shape index (κ2) is 5.09. The molecule has 1 heterocycles. The summed E-state index contributed by atoms with van der Waals surface area (Å²) in [5, 5.41) is 3.49. The quantitative estimate of drug-likeness (QED) is 0.816. The Labute approximate surface area is 116 Å². The highest BCUT2D eigenvalue weighted by Crippen LogP contribution is 2.44. The molecule has 0 spiro atoms. The summed E-state index contributed by atoms with van der Waals surface area (Å²) >= 11 is 2.88. The molecular formula is C12H19N3OS2. The standard InChI is InChI=1S/C12H19N3OS2/c1-7-5-12(2,3)6-8-9(7)18-11(13-8)14-10(16)15-17-4/h7H,5-6H2,1-4H3,(H2,13,14,15,16). The van der Waals surface area contributed by atoms with Gasteiger partial charge in [0.15, 0.2) is 5.13 Å². The van der Waals surface area contributed by atoms with Gasteiger partial charge in [0.25, 0.3) is 0 Å². The van der Waals surface area contributed by atoms with Gasteiger partial charge in [0.2, 0.25) is 0 Å². The average Bonchev–Trinajstić information content (AvgIpc) is 2.58. The van der Waals surface area contributed by atoms with Crippen LogP contribution in [-0.4, -0.2) is 17.3 Å². The molecule has 1 atom stereocenters. The number of anilines is 1. The van der Waals surface area contributed by atoms with Crippen LogP contribution in [0.4, 0.5) is 9.93 Å².